The highest BCUT2D eigenvalue weighted by atomic mass is 16.6. The molecule has 3 atom stereocenters. The van der Waals surface area contributed by atoms with Crippen molar-refractivity contribution < 1.29 is 9.53 Å². The normalized spacial score (nSPS) is 30.6. The lowest BCUT2D eigenvalue weighted by molar-refractivity contribution is -0.0297. The van der Waals surface area contributed by atoms with Crippen molar-refractivity contribution in [2.24, 2.45) is 11.8 Å². The minimum absolute atomic E-state index is 0.132. The van der Waals surface area contributed by atoms with Crippen molar-refractivity contribution in [1.29, 1.82) is 0 Å². The van der Waals surface area contributed by atoms with E-state index in [4.69, 9.17) is 4.74 Å². The van der Waals surface area contributed by atoms with Gasteiger partial charge in [-0.25, -0.2) is 4.79 Å². The maximum atomic E-state index is 12.5. The zero-order chi connectivity index (χ0) is 15.6. The Morgan fingerprint density at radius 1 is 1.13 bits per heavy atom. The Morgan fingerprint density at radius 3 is 2.87 bits per heavy atom. The standard InChI is InChI=1S/C19H26N2O2/c22-19(23-14-15-6-2-1-3-7-15)21-12-16-10-17(13-21)18-8-4-5-9-20(18)11-16/h1-3,6-7,16-18H,4-5,8-14H2/t16-,17-,18+/m1/s1. The molecular weight excluding hydrogens is 288 g/mol. The lowest BCUT2D eigenvalue weighted by atomic mass is 9.76. The minimum Gasteiger partial charge on any atom is -0.445 e. The molecule has 3 aliphatic rings. The van der Waals surface area contributed by atoms with E-state index in [0.29, 0.717) is 24.5 Å². The predicted molar refractivity (Wildman–Crippen MR) is 89.0 cm³/mol. The summed E-state index contributed by atoms with van der Waals surface area (Å²) in [5.41, 5.74) is 1.05. The molecule has 0 N–H and O–H groups in total. The second kappa shape index (κ2) is 6.52. The molecule has 3 heterocycles. The molecule has 2 bridgehead atoms. The maximum Gasteiger partial charge on any atom is 0.410 e. The fraction of sp³-hybridized carbons (Fsp3) is 0.632. The molecule has 0 unspecified atom stereocenters. The van der Waals surface area contributed by atoms with E-state index >= 15 is 0 Å². The van der Waals surface area contributed by atoms with Crippen LogP contribution in [0.15, 0.2) is 30.3 Å². The highest BCUT2D eigenvalue weighted by Crippen LogP contribution is 2.37. The summed E-state index contributed by atoms with van der Waals surface area (Å²) in [5, 5.41) is 0. The summed E-state index contributed by atoms with van der Waals surface area (Å²) in [6, 6.07) is 10.6. The van der Waals surface area contributed by atoms with Gasteiger partial charge < -0.3 is 9.64 Å². The first-order valence-corrected chi connectivity index (χ1v) is 8.99. The molecule has 4 heteroatoms. The Labute approximate surface area is 138 Å². The van der Waals surface area contributed by atoms with Gasteiger partial charge in [0.05, 0.1) is 0 Å². The van der Waals surface area contributed by atoms with E-state index in [2.05, 4.69) is 4.90 Å². The molecule has 1 aromatic carbocycles. The van der Waals surface area contributed by atoms with E-state index in [9.17, 15) is 4.79 Å². The number of carbonyl (C=O) groups is 1. The topological polar surface area (TPSA) is 32.8 Å². The summed E-state index contributed by atoms with van der Waals surface area (Å²) in [4.78, 5) is 17.1. The summed E-state index contributed by atoms with van der Waals surface area (Å²) in [7, 11) is 0. The molecule has 4 rings (SSSR count). The van der Waals surface area contributed by atoms with E-state index in [1.807, 2.05) is 35.2 Å². The van der Waals surface area contributed by atoms with Gasteiger partial charge in [-0.3, -0.25) is 4.90 Å². The van der Waals surface area contributed by atoms with Crippen LogP contribution in [-0.2, 0) is 11.3 Å². The van der Waals surface area contributed by atoms with Crippen LogP contribution in [0, 0.1) is 11.8 Å². The van der Waals surface area contributed by atoms with Crippen LogP contribution < -0.4 is 0 Å². The zero-order valence-corrected chi connectivity index (χ0v) is 13.7. The number of fused-ring (bicyclic) bond motifs is 4. The van der Waals surface area contributed by atoms with Gasteiger partial charge >= 0.3 is 6.09 Å². The number of amides is 1. The van der Waals surface area contributed by atoms with Crippen molar-refractivity contribution in [1.82, 2.24) is 9.80 Å². The van der Waals surface area contributed by atoms with Crippen LogP contribution in [0.4, 0.5) is 4.79 Å². The van der Waals surface area contributed by atoms with E-state index < -0.39 is 0 Å². The highest BCUT2D eigenvalue weighted by Gasteiger charge is 2.42. The zero-order valence-electron chi connectivity index (χ0n) is 13.7. The largest absolute Gasteiger partial charge is 0.445 e. The molecule has 0 saturated carbocycles. The highest BCUT2D eigenvalue weighted by molar-refractivity contribution is 5.67. The average Bonchev–Trinajstić information content (AvgIpc) is 2.60. The second-order valence-electron chi connectivity index (χ2n) is 7.37. The van der Waals surface area contributed by atoms with Crippen molar-refractivity contribution >= 4 is 6.09 Å². The van der Waals surface area contributed by atoms with E-state index in [-0.39, 0.29) is 6.09 Å². The predicted octanol–water partition coefficient (Wildman–Crippen LogP) is 3.13. The van der Waals surface area contributed by atoms with Gasteiger partial charge in [0.25, 0.3) is 0 Å². The molecule has 23 heavy (non-hydrogen) atoms. The molecule has 3 saturated heterocycles. The molecule has 1 amide bonds. The van der Waals surface area contributed by atoms with Crippen molar-refractivity contribution in [3.8, 4) is 0 Å². The van der Waals surface area contributed by atoms with Crippen molar-refractivity contribution in [3.05, 3.63) is 35.9 Å². The molecule has 0 radical (unpaired) electrons. The summed E-state index contributed by atoms with van der Waals surface area (Å²) in [6.07, 6.45) is 5.17. The fourth-order valence-electron chi connectivity index (χ4n) is 4.73. The molecule has 0 aliphatic carbocycles. The van der Waals surface area contributed by atoms with Crippen LogP contribution in [0.2, 0.25) is 0 Å². The number of rotatable bonds is 2. The van der Waals surface area contributed by atoms with Gasteiger partial charge in [0.2, 0.25) is 0 Å². The van der Waals surface area contributed by atoms with Gasteiger partial charge in [-0.05, 0) is 43.2 Å². The summed E-state index contributed by atoms with van der Waals surface area (Å²) in [6.45, 7) is 4.56. The number of nitrogens with zero attached hydrogens (tertiary/aromatic N) is 2. The average molecular weight is 314 g/mol. The van der Waals surface area contributed by atoms with Gasteiger partial charge in [0.1, 0.15) is 6.61 Å². The number of benzene rings is 1. The lowest BCUT2D eigenvalue weighted by Gasteiger charge is -2.52. The van der Waals surface area contributed by atoms with Gasteiger partial charge in [-0.2, -0.15) is 0 Å². The number of piperidine rings is 3. The monoisotopic (exact) mass is 314 g/mol. The molecule has 3 aliphatic heterocycles. The van der Waals surface area contributed by atoms with Gasteiger partial charge in [0, 0.05) is 25.7 Å². The fourth-order valence-corrected chi connectivity index (χ4v) is 4.73. The minimum atomic E-state index is -0.132. The van der Waals surface area contributed by atoms with Crippen LogP contribution in [0.3, 0.4) is 0 Å². The molecule has 4 nitrogen and oxygen atoms in total. The molecule has 0 aromatic heterocycles. The number of ether oxygens (including phenoxy) is 1. The van der Waals surface area contributed by atoms with E-state index in [0.717, 1.165) is 18.7 Å². The Morgan fingerprint density at radius 2 is 2.00 bits per heavy atom. The van der Waals surface area contributed by atoms with Crippen LogP contribution in [0.25, 0.3) is 0 Å². The number of carbonyl (C=O) groups excluding carboxylic acids is 1. The van der Waals surface area contributed by atoms with Crippen LogP contribution in [0.1, 0.15) is 31.2 Å². The molecule has 1 aromatic rings. The number of likely N-dealkylation sites (tertiary alicyclic amines) is 1. The SMILES string of the molecule is O=C(OCc1ccccc1)N1C[C@@H]2C[C@H](C1)[C@@H]1CCCCN1C2. The first-order chi connectivity index (χ1) is 11.3. The Kier molecular flexibility index (Phi) is 4.25. The first-order valence-electron chi connectivity index (χ1n) is 8.99. The summed E-state index contributed by atoms with van der Waals surface area (Å²) >= 11 is 0. The Hall–Kier alpha value is -1.55. The summed E-state index contributed by atoms with van der Waals surface area (Å²) in [5.74, 6) is 1.28. The van der Waals surface area contributed by atoms with Gasteiger partial charge in [0.15, 0.2) is 0 Å². The third-order valence-corrected chi connectivity index (χ3v) is 5.73. The molecular formula is C19H26N2O2. The number of hydrogen-bond acceptors (Lipinski definition) is 3. The smallest absolute Gasteiger partial charge is 0.410 e. The van der Waals surface area contributed by atoms with Crippen molar-refractivity contribution in [3.63, 3.8) is 0 Å². The second-order valence-corrected chi connectivity index (χ2v) is 7.37. The van der Waals surface area contributed by atoms with Crippen LogP contribution >= 0.6 is 0 Å². The summed E-state index contributed by atoms with van der Waals surface area (Å²) < 4.78 is 5.54. The Balaban J connectivity index is 1.36. The first kappa shape index (κ1) is 15.0. The quantitative estimate of drug-likeness (QED) is 0.841. The lowest BCUT2D eigenvalue weighted by Crippen LogP contribution is -2.59. The van der Waals surface area contributed by atoms with Gasteiger partial charge in [-0.15, -0.1) is 0 Å². The Bertz CT molecular complexity index is 548. The third kappa shape index (κ3) is 3.23. The maximum absolute atomic E-state index is 12.5. The number of hydrogen-bond donors (Lipinski definition) is 0. The van der Waals surface area contributed by atoms with E-state index in [1.165, 1.54) is 38.8 Å². The van der Waals surface area contributed by atoms with Crippen molar-refractivity contribution in [2.45, 2.75) is 38.3 Å². The van der Waals surface area contributed by atoms with Crippen molar-refractivity contribution in [2.75, 3.05) is 26.2 Å². The third-order valence-electron chi connectivity index (χ3n) is 5.73. The van der Waals surface area contributed by atoms with Crippen LogP contribution in [0.5, 0.6) is 0 Å². The molecule has 124 valence electrons. The van der Waals surface area contributed by atoms with Gasteiger partial charge in [-0.1, -0.05) is 36.8 Å². The van der Waals surface area contributed by atoms with Crippen LogP contribution in [-0.4, -0.2) is 48.1 Å². The van der Waals surface area contributed by atoms with E-state index in [1.54, 1.807) is 0 Å². The molecule has 3 fully saturated rings. The molecule has 0 spiro atoms.